The molecule has 1 aromatic heterocycles. The van der Waals surface area contributed by atoms with Crippen molar-refractivity contribution in [3.05, 3.63) is 53.3 Å². The quantitative estimate of drug-likeness (QED) is 0.816. The van der Waals surface area contributed by atoms with Gasteiger partial charge in [-0.05, 0) is 29.5 Å². The smallest absolute Gasteiger partial charge is 0.100 e. The normalized spacial score (nSPS) is 12.9. The van der Waals surface area contributed by atoms with Gasteiger partial charge in [-0.1, -0.05) is 38.1 Å². The van der Waals surface area contributed by atoms with Gasteiger partial charge in [-0.3, -0.25) is 5.10 Å². The summed E-state index contributed by atoms with van der Waals surface area (Å²) in [6.45, 7) is 4.45. The van der Waals surface area contributed by atoms with E-state index < -0.39 is 0 Å². The number of nitrogens with zero attached hydrogens (tertiary/aromatic N) is 1. The Morgan fingerprint density at radius 2 is 1.88 bits per heavy atom. The second-order valence-corrected chi connectivity index (χ2v) is 5.15. The lowest BCUT2D eigenvalue weighted by Crippen LogP contribution is -1.97. The molecule has 1 atom stereocenters. The van der Waals surface area contributed by atoms with Crippen molar-refractivity contribution in [2.24, 2.45) is 5.92 Å². The van der Waals surface area contributed by atoms with Crippen molar-refractivity contribution in [1.82, 2.24) is 10.2 Å². The predicted octanol–water partition coefficient (Wildman–Crippen LogP) is 3.94. The molecule has 2 nitrogen and oxygen atoms in total. The molecule has 0 aliphatic rings. The second kappa shape index (κ2) is 5.37. The largest absolute Gasteiger partial charge is 0.281 e. The molecule has 2 aromatic rings. The van der Waals surface area contributed by atoms with Gasteiger partial charge in [-0.25, -0.2) is 0 Å². The molecular weight excluding hydrogens is 232 g/mol. The third-order valence-corrected chi connectivity index (χ3v) is 3.20. The highest BCUT2D eigenvalue weighted by Gasteiger charge is 2.11. The van der Waals surface area contributed by atoms with E-state index in [4.69, 9.17) is 11.6 Å². The van der Waals surface area contributed by atoms with Crippen molar-refractivity contribution in [2.45, 2.75) is 25.6 Å². The number of aromatic amines is 1. The Bertz CT molecular complexity index is 446. The van der Waals surface area contributed by atoms with E-state index in [0.717, 1.165) is 17.7 Å². The molecule has 2 rings (SSSR count). The summed E-state index contributed by atoms with van der Waals surface area (Å²) in [5, 5.41) is 6.67. The average molecular weight is 249 g/mol. The van der Waals surface area contributed by atoms with E-state index in [0.29, 0.717) is 5.92 Å². The van der Waals surface area contributed by atoms with Crippen molar-refractivity contribution in [2.75, 3.05) is 0 Å². The monoisotopic (exact) mass is 248 g/mol. The summed E-state index contributed by atoms with van der Waals surface area (Å²) in [5.74, 6) is 0.681. The number of hydrogen-bond donors (Lipinski definition) is 1. The van der Waals surface area contributed by atoms with E-state index in [1.807, 2.05) is 6.07 Å². The first-order valence-electron chi connectivity index (χ1n) is 5.89. The molecule has 0 aliphatic carbocycles. The highest BCUT2D eigenvalue weighted by atomic mass is 35.5. The molecule has 0 fully saturated rings. The van der Waals surface area contributed by atoms with Crippen LogP contribution in [0.2, 0.25) is 0 Å². The Labute approximate surface area is 107 Å². The number of rotatable bonds is 4. The number of alkyl halides is 1. The van der Waals surface area contributed by atoms with Gasteiger partial charge in [0, 0.05) is 6.20 Å². The van der Waals surface area contributed by atoms with Gasteiger partial charge < -0.3 is 0 Å². The number of hydrogen-bond acceptors (Lipinski definition) is 1. The molecule has 0 amide bonds. The lowest BCUT2D eigenvalue weighted by molar-refractivity contribution is 0.647. The Balaban J connectivity index is 2.12. The maximum absolute atomic E-state index is 6.36. The van der Waals surface area contributed by atoms with Crippen LogP contribution in [-0.4, -0.2) is 10.2 Å². The lowest BCUT2D eigenvalue weighted by Gasteiger charge is -2.09. The van der Waals surface area contributed by atoms with E-state index in [1.165, 1.54) is 5.56 Å². The van der Waals surface area contributed by atoms with Crippen LogP contribution in [0.25, 0.3) is 0 Å². The van der Waals surface area contributed by atoms with Crippen LogP contribution in [0.3, 0.4) is 0 Å². The molecule has 17 heavy (non-hydrogen) atoms. The molecule has 1 unspecified atom stereocenters. The van der Waals surface area contributed by atoms with E-state index in [2.05, 4.69) is 48.3 Å². The Hall–Kier alpha value is -1.28. The summed E-state index contributed by atoms with van der Waals surface area (Å²) < 4.78 is 0. The molecule has 1 N–H and O–H groups in total. The highest BCUT2D eigenvalue weighted by molar-refractivity contribution is 6.22. The number of halogens is 1. The zero-order chi connectivity index (χ0) is 12.3. The van der Waals surface area contributed by atoms with Gasteiger partial charge in [0.1, 0.15) is 5.38 Å². The summed E-state index contributed by atoms with van der Waals surface area (Å²) in [5.41, 5.74) is 3.39. The molecule has 0 spiro atoms. The van der Waals surface area contributed by atoms with Crippen LogP contribution in [-0.2, 0) is 6.42 Å². The van der Waals surface area contributed by atoms with Crippen LogP contribution in [0.1, 0.15) is 36.0 Å². The molecule has 1 aromatic carbocycles. The molecule has 0 saturated heterocycles. The van der Waals surface area contributed by atoms with Crippen LogP contribution in [0, 0.1) is 5.92 Å². The van der Waals surface area contributed by atoms with E-state index in [-0.39, 0.29) is 5.38 Å². The second-order valence-electron chi connectivity index (χ2n) is 4.71. The van der Waals surface area contributed by atoms with Crippen molar-refractivity contribution < 1.29 is 0 Å². The van der Waals surface area contributed by atoms with E-state index in [9.17, 15) is 0 Å². The van der Waals surface area contributed by atoms with Gasteiger partial charge in [0.15, 0.2) is 0 Å². The number of benzene rings is 1. The number of aromatic nitrogens is 2. The summed E-state index contributed by atoms with van der Waals surface area (Å²) in [4.78, 5) is 0. The maximum Gasteiger partial charge on any atom is 0.100 e. The predicted molar refractivity (Wildman–Crippen MR) is 71.3 cm³/mol. The van der Waals surface area contributed by atoms with Gasteiger partial charge in [0.05, 0.1) is 5.69 Å². The van der Waals surface area contributed by atoms with Crippen LogP contribution in [0.15, 0.2) is 36.5 Å². The number of nitrogens with one attached hydrogen (secondary N) is 1. The lowest BCUT2D eigenvalue weighted by atomic mass is 10.0. The zero-order valence-corrected chi connectivity index (χ0v) is 10.9. The molecule has 1 heterocycles. The van der Waals surface area contributed by atoms with Crippen molar-refractivity contribution in [3.63, 3.8) is 0 Å². The Morgan fingerprint density at radius 1 is 1.18 bits per heavy atom. The summed E-state index contributed by atoms with van der Waals surface area (Å²) in [7, 11) is 0. The minimum atomic E-state index is -0.148. The topological polar surface area (TPSA) is 28.7 Å². The molecule has 0 radical (unpaired) electrons. The molecule has 90 valence electrons. The molecule has 0 saturated carbocycles. The molecular formula is C14H17ClN2. The van der Waals surface area contributed by atoms with Crippen molar-refractivity contribution in [1.29, 1.82) is 0 Å². The Morgan fingerprint density at radius 3 is 2.41 bits per heavy atom. The SMILES string of the molecule is CC(C)Cc1ccc(C(Cl)c2ccn[nH]2)cc1. The van der Waals surface area contributed by atoms with Crippen molar-refractivity contribution >= 4 is 11.6 Å². The van der Waals surface area contributed by atoms with E-state index in [1.54, 1.807) is 6.20 Å². The van der Waals surface area contributed by atoms with Crippen LogP contribution >= 0.6 is 11.6 Å². The van der Waals surface area contributed by atoms with Gasteiger partial charge in [0.2, 0.25) is 0 Å². The Kier molecular flexibility index (Phi) is 3.85. The third kappa shape index (κ3) is 3.10. The van der Waals surface area contributed by atoms with Gasteiger partial charge in [0.25, 0.3) is 0 Å². The fourth-order valence-electron chi connectivity index (χ4n) is 1.88. The summed E-state index contributed by atoms with van der Waals surface area (Å²) >= 11 is 6.36. The summed E-state index contributed by atoms with van der Waals surface area (Å²) in [6, 6.07) is 10.4. The first-order chi connectivity index (χ1) is 8.16. The first kappa shape index (κ1) is 12.2. The maximum atomic E-state index is 6.36. The standard InChI is InChI=1S/C14H17ClN2/c1-10(2)9-11-3-5-12(6-4-11)14(15)13-7-8-16-17-13/h3-8,10,14H,9H2,1-2H3,(H,16,17). The van der Waals surface area contributed by atoms with Gasteiger partial charge in [-0.15, -0.1) is 11.6 Å². The highest BCUT2D eigenvalue weighted by Crippen LogP contribution is 2.27. The van der Waals surface area contributed by atoms with Crippen LogP contribution < -0.4 is 0 Å². The fourth-order valence-corrected chi connectivity index (χ4v) is 2.15. The fraction of sp³-hybridized carbons (Fsp3) is 0.357. The van der Waals surface area contributed by atoms with Gasteiger partial charge in [-0.2, -0.15) is 5.10 Å². The minimum Gasteiger partial charge on any atom is -0.281 e. The minimum absolute atomic E-state index is 0.148. The zero-order valence-electron chi connectivity index (χ0n) is 10.2. The molecule has 0 bridgehead atoms. The van der Waals surface area contributed by atoms with Gasteiger partial charge >= 0.3 is 0 Å². The number of H-pyrrole nitrogens is 1. The average Bonchev–Trinajstić information content (AvgIpc) is 2.82. The van der Waals surface area contributed by atoms with Crippen molar-refractivity contribution in [3.8, 4) is 0 Å². The third-order valence-electron chi connectivity index (χ3n) is 2.71. The first-order valence-corrected chi connectivity index (χ1v) is 6.32. The van der Waals surface area contributed by atoms with Crippen LogP contribution in [0.4, 0.5) is 0 Å². The summed E-state index contributed by atoms with van der Waals surface area (Å²) in [6.07, 6.45) is 2.83. The molecule has 0 aliphatic heterocycles. The molecule has 3 heteroatoms. The van der Waals surface area contributed by atoms with Crippen LogP contribution in [0.5, 0.6) is 0 Å². The van der Waals surface area contributed by atoms with E-state index >= 15 is 0 Å².